The number of halogens is 2. The molecule has 158 valence electrons. The third-order valence-electron chi connectivity index (χ3n) is 4.46. The minimum atomic E-state index is -0.889. The van der Waals surface area contributed by atoms with Gasteiger partial charge in [-0.25, -0.2) is 9.69 Å². The summed E-state index contributed by atoms with van der Waals surface area (Å²) in [5.41, 5.74) is 7.89. The summed E-state index contributed by atoms with van der Waals surface area (Å²) in [6, 6.07) is 16.1. The van der Waals surface area contributed by atoms with Crippen molar-refractivity contribution >= 4 is 55.1 Å². The average molecular weight is 586 g/mol. The molecule has 3 rings (SSSR count). The zero-order valence-corrected chi connectivity index (χ0v) is 19.8. The molecule has 1 unspecified atom stereocenters. The number of carbonyl (C=O) groups is 2. The van der Waals surface area contributed by atoms with Crippen LogP contribution < -0.4 is 5.73 Å². The van der Waals surface area contributed by atoms with Crippen LogP contribution in [0.2, 0.25) is 0 Å². The molecular weight excluding hydrogens is 565 g/mol. The minimum Gasteiger partial charge on any atom is -0.444 e. The number of benzene rings is 2. The summed E-state index contributed by atoms with van der Waals surface area (Å²) < 4.78 is 7.08. The Balaban J connectivity index is 1.67. The van der Waals surface area contributed by atoms with E-state index in [2.05, 4.69) is 43.7 Å². The SMILES string of the molecule is N[C@@H](Cc1ccc(I)cc1)C(=O)N(CC1CC(Br)=NO1)C(=O)OCc1ccccc1. The maximum absolute atomic E-state index is 13.0. The lowest BCUT2D eigenvalue weighted by atomic mass is 10.1. The quantitative estimate of drug-likeness (QED) is 0.499. The van der Waals surface area contributed by atoms with E-state index in [1.54, 1.807) is 0 Å². The molecule has 2 aromatic carbocycles. The molecule has 0 bridgehead atoms. The fourth-order valence-electron chi connectivity index (χ4n) is 2.91. The molecule has 9 heteroatoms. The Bertz CT molecular complexity index is 908. The number of hydrogen-bond donors (Lipinski definition) is 1. The zero-order valence-electron chi connectivity index (χ0n) is 16.0. The van der Waals surface area contributed by atoms with Crippen molar-refractivity contribution in [1.29, 1.82) is 0 Å². The summed E-state index contributed by atoms with van der Waals surface area (Å²) in [4.78, 5) is 32.1. The molecule has 2 aromatic rings. The lowest BCUT2D eigenvalue weighted by Crippen LogP contribution is -2.50. The number of amides is 2. The molecule has 0 radical (unpaired) electrons. The molecule has 2 amide bonds. The second-order valence-electron chi connectivity index (χ2n) is 6.83. The molecule has 0 spiro atoms. The van der Waals surface area contributed by atoms with E-state index < -0.39 is 24.1 Å². The molecule has 1 aliphatic rings. The number of imide groups is 1. The van der Waals surface area contributed by atoms with Gasteiger partial charge in [0, 0.05) is 9.99 Å². The lowest BCUT2D eigenvalue weighted by Gasteiger charge is -2.25. The molecule has 0 aromatic heterocycles. The molecule has 0 saturated carbocycles. The first-order valence-electron chi connectivity index (χ1n) is 9.32. The van der Waals surface area contributed by atoms with E-state index in [4.69, 9.17) is 15.3 Å². The van der Waals surface area contributed by atoms with E-state index >= 15 is 0 Å². The molecule has 2 N–H and O–H groups in total. The molecular formula is C21H21BrIN3O4. The summed E-state index contributed by atoms with van der Waals surface area (Å²) in [6.45, 7) is 0.0625. The topological polar surface area (TPSA) is 94.2 Å². The summed E-state index contributed by atoms with van der Waals surface area (Å²) in [7, 11) is 0. The number of nitrogens with zero attached hydrogens (tertiary/aromatic N) is 2. The Labute approximate surface area is 196 Å². The number of rotatable bonds is 7. The number of oxime groups is 1. The molecule has 1 aliphatic heterocycles. The number of nitrogens with two attached hydrogens (primary N) is 1. The van der Waals surface area contributed by atoms with Gasteiger partial charge >= 0.3 is 6.09 Å². The highest BCUT2D eigenvalue weighted by Gasteiger charge is 2.33. The van der Waals surface area contributed by atoms with Crippen molar-refractivity contribution in [1.82, 2.24) is 4.90 Å². The number of ether oxygens (including phenoxy) is 1. The van der Waals surface area contributed by atoms with Crippen molar-refractivity contribution in [3.05, 3.63) is 69.3 Å². The largest absolute Gasteiger partial charge is 0.444 e. The van der Waals surface area contributed by atoms with Crippen molar-refractivity contribution in [2.45, 2.75) is 31.6 Å². The Morgan fingerprint density at radius 3 is 2.53 bits per heavy atom. The molecule has 30 heavy (non-hydrogen) atoms. The van der Waals surface area contributed by atoms with Crippen molar-refractivity contribution in [2.24, 2.45) is 10.9 Å². The number of hydrogen-bond acceptors (Lipinski definition) is 6. The van der Waals surface area contributed by atoms with Crippen molar-refractivity contribution in [3.63, 3.8) is 0 Å². The normalized spacial score (nSPS) is 16.4. The van der Waals surface area contributed by atoms with E-state index in [0.29, 0.717) is 17.5 Å². The van der Waals surface area contributed by atoms with E-state index in [1.165, 1.54) is 0 Å². The van der Waals surface area contributed by atoms with Crippen LogP contribution in [0.15, 0.2) is 59.8 Å². The highest BCUT2D eigenvalue weighted by atomic mass is 127. The molecule has 0 aliphatic carbocycles. The van der Waals surface area contributed by atoms with E-state index in [1.807, 2.05) is 54.6 Å². The first-order chi connectivity index (χ1) is 14.4. The number of carbonyl (C=O) groups excluding carboxylic acids is 2. The Morgan fingerprint density at radius 1 is 1.20 bits per heavy atom. The highest BCUT2D eigenvalue weighted by Crippen LogP contribution is 2.17. The van der Waals surface area contributed by atoms with Crippen LogP contribution in [0.25, 0.3) is 0 Å². The van der Waals surface area contributed by atoms with Gasteiger partial charge in [-0.1, -0.05) is 47.6 Å². The van der Waals surface area contributed by atoms with Gasteiger partial charge in [0.15, 0.2) is 6.10 Å². The van der Waals surface area contributed by atoms with E-state index in [-0.39, 0.29) is 13.2 Å². The van der Waals surface area contributed by atoms with Crippen LogP contribution in [0.4, 0.5) is 4.79 Å². The van der Waals surface area contributed by atoms with Crippen molar-refractivity contribution in [2.75, 3.05) is 6.54 Å². The lowest BCUT2D eigenvalue weighted by molar-refractivity contribution is -0.132. The molecule has 0 saturated heterocycles. The van der Waals surface area contributed by atoms with Gasteiger partial charge < -0.3 is 15.3 Å². The Hall–Kier alpha value is -1.98. The summed E-state index contributed by atoms with van der Waals surface area (Å²) in [6.07, 6.45) is -0.432. The van der Waals surface area contributed by atoms with Gasteiger partial charge in [0.05, 0.1) is 12.6 Å². The second-order valence-corrected chi connectivity index (χ2v) is 8.99. The standard InChI is InChI=1S/C21H21BrIN3O4/c22-19-11-17(30-25-19)12-26(21(28)29-13-15-4-2-1-3-5-15)20(27)18(24)10-14-6-8-16(23)9-7-14/h1-9,17-18H,10-13,24H2/t17?,18-/m0/s1. The molecule has 1 heterocycles. The minimum absolute atomic E-state index is 0.00540. The van der Waals surface area contributed by atoms with Crippen LogP contribution in [0, 0.1) is 3.57 Å². The van der Waals surface area contributed by atoms with Crippen LogP contribution in [0.3, 0.4) is 0 Å². The Kier molecular flexibility index (Phi) is 8.23. The van der Waals surface area contributed by atoms with Gasteiger partial charge in [-0.2, -0.15) is 0 Å². The fraction of sp³-hybridized carbons (Fsp3) is 0.286. The molecule has 7 nitrogen and oxygen atoms in total. The van der Waals surface area contributed by atoms with Crippen LogP contribution >= 0.6 is 38.5 Å². The van der Waals surface area contributed by atoms with E-state index in [9.17, 15) is 9.59 Å². The van der Waals surface area contributed by atoms with Gasteiger partial charge in [0.25, 0.3) is 0 Å². The maximum atomic E-state index is 13.0. The molecule has 2 atom stereocenters. The van der Waals surface area contributed by atoms with Gasteiger partial charge in [-0.05, 0) is 68.2 Å². The smallest absolute Gasteiger partial charge is 0.417 e. The summed E-state index contributed by atoms with van der Waals surface area (Å²) in [5.74, 6) is -0.516. The predicted molar refractivity (Wildman–Crippen MR) is 125 cm³/mol. The van der Waals surface area contributed by atoms with Gasteiger partial charge in [0.2, 0.25) is 5.91 Å². The van der Waals surface area contributed by atoms with Gasteiger partial charge in [-0.3, -0.25) is 4.79 Å². The van der Waals surface area contributed by atoms with Gasteiger partial charge in [-0.15, -0.1) is 0 Å². The summed E-state index contributed by atoms with van der Waals surface area (Å²) in [5, 5.41) is 3.81. The van der Waals surface area contributed by atoms with Gasteiger partial charge in [0.1, 0.15) is 11.2 Å². The maximum Gasteiger partial charge on any atom is 0.417 e. The second kappa shape index (κ2) is 10.9. The summed E-state index contributed by atoms with van der Waals surface area (Å²) >= 11 is 5.47. The first-order valence-corrected chi connectivity index (χ1v) is 11.2. The molecule has 0 fully saturated rings. The van der Waals surface area contributed by atoms with Crippen molar-refractivity contribution in [3.8, 4) is 0 Å². The zero-order chi connectivity index (χ0) is 21.5. The highest BCUT2D eigenvalue weighted by molar-refractivity contribution is 14.1. The predicted octanol–water partition coefficient (Wildman–Crippen LogP) is 3.82. The van der Waals surface area contributed by atoms with E-state index in [0.717, 1.165) is 19.6 Å². The Morgan fingerprint density at radius 2 is 1.90 bits per heavy atom. The van der Waals surface area contributed by atoms with Crippen LogP contribution in [0.1, 0.15) is 17.5 Å². The average Bonchev–Trinajstić information content (AvgIpc) is 3.17. The third-order valence-corrected chi connectivity index (χ3v) is 5.65. The van der Waals surface area contributed by atoms with Crippen LogP contribution in [0.5, 0.6) is 0 Å². The van der Waals surface area contributed by atoms with Crippen LogP contribution in [-0.2, 0) is 27.4 Å². The monoisotopic (exact) mass is 585 g/mol. The fourth-order valence-corrected chi connectivity index (χ4v) is 3.71. The van der Waals surface area contributed by atoms with Crippen molar-refractivity contribution < 1.29 is 19.2 Å². The third kappa shape index (κ3) is 6.51. The first kappa shape index (κ1) is 22.7. The van der Waals surface area contributed by atoms with Crippen LogP contribution in [-0.4, -0.2) is 40.2 Å².